The van der Waals surface area contributed by atoms with Gasteiger partial charge in [0.25, 0.3) is 5.91 Å². The molecule has 1 atom stereocenters. The van der Waals surface area contributed by atoms with Crippen molar-refractivity contribution in [2.75, 3.05) is 39.8 Å². The number of likely N-dealkylation sites (tertiary alicyclic amines) is 1. The number of fused-ring (bicyclic) bond motifs is 1. The second-order valence-electron chi connectivity index (χ2n) is 7.67. The molecule has 3 aromatic rings. The van der Waals surface area contributed by atoms with E-state index in [4.69, 9.17) is 0 Å². The van der Waals surface area contributed by atoms with Gasteiger partial charge >= 0.3 is 0 Å². The Morgan fingerprint density at radius 2 is 2.10 bits per heavy atom. The van der Waals surface area contributed by atoms with Gasteiger partial charge in [0, 0.05) is 44.2 Å². The van der Waals surface area contributed by atoms with Crippen LogP contribution in [0.3, 0.4) is 0 Å². The Kier molecular flexibility index (Phi) is 6.23. The first-order chi connectivity index (χ1) is 14.2. The van der Waals surface area contributed by atoms with Crippen LogP contribution in [0.2, 0.25) is 0 Å². The lowest BCUT2D eigenvalue weighted by molar-refractivity contribution is 0.0770. The van der Waals surface area contributed by atoms with E-state index in [0.717, 1.165) is 53.1 Å². The Hall–Kier alpha value is -2.28. The highest BCUT2D eigenvalue weighted by molar-refractivity contribution is 7.20. The molecule has 0 aliphatic carbocycles. The normalized spacial score (nSPS) is 17.1. The van der Waals surface area contributed by atoms with Crippen molar-refractivity contribution in [3.8, 4) is 0 Å². The number of pyridine rings is 1. The Bertz CT molecular complexity index is 973. The molecule has 2 aromatic heterocycles. The van der Waals surface area contributed by atoms with E-state index >= 15 is 0 Å². The van der Waals surface area contributed by atoms with Gasteiger partial charge < -0.3 is 14.9 Å². The summed E-state index contributed by atoms with van der Waals surface area (Å²) < 4.78 is 0. The van der Waals surface area contributed by atoms with Crippen LogP contribution in [-0.4, -0.2) is 65.6 Å². The van der Waals surface area contributed by atoms with Crippen LogP contribution in [0.1, 0.15) is 33.1 Å². The van der Waals surface area contributed by atoms with Crippen molar-refractivity contribution in [2.45, 2.75) is 18.8 Å². The average Bonchev–Trinajstić information content (AvgIpc) is 3.36. The molecule has 1 amide bonds. The van der Waals surface area contributed by atoms with Crippen LogP contribution in [0, 0.1) is 0 Å². The molecule has 1 aliphatic heterocycles. The number of likely N-dealkylation sites (N-methyl/N-ethyl adjacent to an activating group) is 1. The van der Waals surface area contributed by atoms with Gasteiger partial charge in [-0.15, -0.1) is 11.3 Å². The van der Waals surface area contributed by atoms with Crippen LogP contribution in [0.15, 0.2) is 48.7 Å². The predicted molar refractivity (Wildman–Crippen MR) is 118 cm³/mol. The standard InChI is InChI=1S/C23H27N3O2S/c1-25(14-15-27)23(28)21-20(19-8-5-11-24-22(19)29-21)18-10-13-26(16-18)12-9-17-6-3-2-4-7-17/h2-8,11,18,27H,9-10,12-16H2,1H3. The predicted octanol–water partition coefficient (Wildman–Crippen LogP) is 3.39. The van der Waals surface area contributed by atoms with Crippen molar-refractivity contribution in [1.29, 1.82) is 0 Å². The van der Waals surface area contributed by atoms with E-state index in [-0.39, 0.29) is 12.5 Å². The number of carbonyl (C=O) groups is 1. The molecular weight excluding hydrogens is 382 g/mol. The fraction of sp³-hybridized carbons (Fsp3) is 0.391. The minimum absolute atomic E-state index is 0.0141. The van der Waals surface area contributed by atoms with Crippen molar-refractivity contribution in [1.82, 2.24) is 14.8 Å². The summed E-state index contributed by atoms with van der Waals surface area (Å²) in [5, 5.41) is 10.3. The number of benzene rings is 1. The fourth-order valence-corrected chi connectivity index (χ4v) is 5.37. The van der Waals surface area contributed by atoms with Crippen LogP contribution in [0.25, 0.3) is 10.2 Å². The van der Waals surface area contributed by atoms with E-state index in [1.165, 1.54) is 16.9 Å². The smallest absolute Gasteiger partial charge is 0.264 e. The number of hydrogen-bond acceptors (Lipinski definition) is 5. The van der Waals surface area contributed by atoms with Crippen molar-refractivity contribution in [3.05, 3.63) is 64.7 Å². The zero-order valence-electron chi connectivity index (χ0n) is 16.8. The lowest BCUT2D eigenvalue weighted by Crippen LogP contribution is -2.30. The van der Waals surface area contributed by atoms with Crippen LogP contribution in [0.4, 0.5) is 0 Å². The lowest BCUT2D eigenvalue weighted by atomic mass is 9.95. The number of aliphatic hydroxyl groups is 1. The molecule has 6 heteroatoms. The molecule has 4 rings (SSSR count). The Morgan fingerprint density at radius 1 is 1.28 bits per heavy atom. The third-order valence-electron chi connectivity index (χ3n) is 5.72. The fourth-order valence-electron chi connectivity index (χ4n) is 4.14. The van der Waals surface area contributed by atoms with Crippen molar-refractivity contribution >= 4 is 27.5 Å². The summed E-state index contributed by atoms with van der Waals surface area (Å²) in [6, 6.07) is 14.6. The Balaban J connectivity index is 1.55. The molecule has 1 N–H and O–H groups in total. The van der Waals surface area contributed by atoms with Gasteiger partial charge in [-0.1, -0.05) is 36.4 Å². The Morgan fingerprint density at radius 3 is 2.90 bits per heavy atom. The topological polar surface area (TPSA) is 56.7 Å². The SMILES string of the molecule is CN(CCO)C(=O)c1sc2ncccc2c1C1CCN(CCc2ccccc2)C1. The van der Waals surface area contributed by atoms with Gasteiger partial charge in [-0.25, -0.2) is 4.98 Å². The quantitative estimate of drug-likeness (QED) is 0.650. The third-order valence-corrected chi connectivity index (χ3v) is 6.84. The molecule has 0 bridgehead atoms. The van der Waals surface area contributed by atoms with E-state index in [9.17, 15) is 9.90 Å². The van der Waals surface area contributed by atoms with Crippen LogP contribution < -0.4 is 0 Å². The zero-order valence-corrected chi connectivity index (χ0v) is 17.6. The number of aromatic nitrogens is 1. The summed E-state index contributed by atoms with van der Waals surface area (Å²) in [4.78, 5) is 23.4. The van der Waals surface area contributed by atoms with Gasteiger partial charge in [0.2, 0.25) is 0 Å². The molecular formula is C23H27N3O2S. The average molecular weight is 410 g/mol. The number of amides is 1. The number of thiophene rings is 1. The van der Waals surface area contributed by atoms with E-state index in [0.29, 0.717) is 12.5 Å². The Labute approximate surface area is 175 Å². The molecule has 0 saturated carbocycles. The summed E-state index contributed by atoms with van der Waals surface area (Å²) in [7, 11) is 1.75. The van der Waals surface area contributed by atoms with E-state index < -0.39 is 0 Å². The molecule has 1 aliphatic rings. The van der Waals surface area contributed by atoms with Gasteiger partial charge in [-0.2, -0.15) is 0 Å². The molecule has 29 heavy (non-hydrogen) atoms. The first kappa shape index (κ1) is 20.0. The van der Waals surface area contributed by atoms with Crippen molar-refractivity contribution in [2.24, 2.45) is 0 Å². The maximum atomic E-state index is 13.1. The molecule has 0 radical (unpaired) electrons. The molecule has 1 saturated heterocycles. The lowest BCUT2D eigenvalue weighted by Gasteiger charge is -2.19. The van der Waals surface area contributed by atoms with Gasteiger partial charge in [0.1, 0.15) is 4.83 Å². The second kappa shape index (κ2) is 9.03. The minimum Gasteiger partial charge on any atom is -0.395 e. The first-order valence-corrected chi connectivity index (χ1v) is 11.0. The minimum atomic E-state index is -0.0303. The van der Waals surface area contributed by atoms with Crippen molar-refractivity contribution in [3.63, 3.8) is 0 Å². The van der Waals surface area contributed by atoms with Gasteiger partial charge in [-0.3, -0.25) is 4.79 Å². The molecule has 5 nitrogen and oxygen atoms in total. The summed E-state index contributed by atoms with van der Waals surface area (Å²) in [6.45, 7) is 3.37. The third kappa shape index (κ3) is 4.34. The molecule has 1 unspecified atom stereocenters. The number of hydrogen-bond donors (Lipinski definition) is 1. The van der Waals surface area contributed by atoms with Crippen LogP contribution in [-0.2, 0) is 6.42 Å². The maximum absolute atomic E-state index is 13.1. The highest BCUT2D eigenvalue weighted by atomic mass is 32.1. The molecule has 152 valence electrons. The van der Waals surface area contributed by atoms with Gasteiger partial charge in [0.15, 0.2) is 0 Å². The number of rotatable bonds is 7. The highest BCUT2D eigenvalue weighted by Crippen LogP contribution is 2.39. The summed E-state index contributed by atoms with van der Waals surface area (Å²) in [5.41, 5.74) is 2.51. The number of carbonyl (C=O) groups excluding carboxylic acids is 1. The summed E-state index contributed by atoms with van der Waals surface area (Å²) in [5.74, 6) is 0.324. The molecule has 1 aromatic carbocycles. The van der Waals surface area contributed by atoms with E-state index in [2.05, 4.69) is 46.3 Å². The maximum Gasteiger partial charge on any atom is 0.264 e. The highest BCUT2D eigenvalue weighted by Gasteiger charge is 2.31. The first-order valence-electron chi connectivity index (χ1n) is 10.2. The van der Waals surface area contributed by atoms with Crippen LogP contribution >= 0.6 is 11.3 Å². The summed E-state index contributed by atoms with van der Waals surface area (Å²) >= 11 is 1.48. The second-order valence-corrected chi connectivity index (χ2v) is 8.67. The van der Waals surface area contributed by atoms with Gasteiger partial charge in [0.05, 0.1) is 11.5 Å². The number of nitrogens with zero attached hydrogens (tertiary/aromatic N) is 3. The van der Waals surface area contributed by atoms with Crippen LogP contribution in [0.5, 0.6) is 0 Å². The zero-order chi connectivity index (χ0) is 20.2. The summed E-state index contributed by atoms with van der Waals surface area (Å²) in [6.07, 6.45) is 3.89. The van der Waals surface area contributed by atoms with E-state index in [1.54, 1.807) is 18.1 Å². The molecule has 3 heterocycles. The number of aliphatic hydroxyl groups excluding tert-OH is 1. The van der Waals surface area contributed by atoms with E-state index in [1.807, 2.05) is 6.07 Å². The molecule has 0 spiro atoms. The van der Waals surface area contributed by atoms with Crippen molar-refractivity contribution < 1.29 is 9.90 Å². The molecule has 1 fully saturated rings. The van der Waals surface area contributed by atoms with Gasteiger partial charge in [-0.05, 0) is 36.6 Å². The largest absolute Gasteiger partial charge is 0.395 e. The monoisotopic (exact) mass is 409 g/mol.